The number of nitrogens with zero attached hydrogens (tertiary/aromatic N) is 1. The molecule has 0 saturated carbocycles. The number of benzene rings is 1. The summed E-state index contributed by atoms with van der Waals surface area (Å²) in [5.41, 5.74) is 1.13. The van der Waals surface area contributed by atoms with E-state index >= 15 is 0 Å². The number of rotatable bonds is 3. The van der Waals surface area contributed by atoms with Gasteiger partial charge in [0, 0.05) is 20.2 Å². The zero-order chi connectivity index (χ0) is 13.4. The molecule has 0 aliphatic carbocycles. The van der Waals surface area contributed by atoms with Crippen LogP contribution in [0.15, 0.2) is 30.3 Å². The number of hydrogen-bond donors (Lipinski definition) is 2. The Morgan fingerprint density at radius 3 is 2.84 bits per heavy atom. The van der Waals surface area contributed by atoms with Crippen molar-refractivity contribution in [2.24, 2.45) is 0 Å². The van der Waals surface area contributed by atoms with Gasteiger partial charge in [-0.15, -0.1) is 0 Å². The van der Waals surface area contributed by atoms with E-state index in [1.165, 1.54) is 7.11 Å². The minimum Gasteiger partial charge on any atom is -0.387 e. The van der Waals surface area contributed by atoms with E-state index in [4.69, 9.17) is 4.74 Å². The number of aliphatic hydroxyl groups excluding tert-OH is 1. The molecule has 0 bridgehead atoms. The standard InChI is InChI=1S/C14H19FN2O2/c1-19-14-13(18)12-11(16-14)10(15)8-17(12)7-9-5-3-2-4-6-9/h2-6,10-14,16,18H,7-8H2,1H3. The molecule has 2 N–H and O–H groups in total. The van der Waals surface area contributed by atoms with Crippen LogP contribution in [0, 0.1) is 0 Å². The maximum absolute atomic E-state index is 14.0. The molecule has 1 aromatic rings. The first-order valence-electron chi connectivity index (χ1n) is 6.59. The van der Waals surface area contributed by atoms with Gasteiger partial charge in [0.25, 0.3) is 0 Å². The number of methoxy groups -OCH3 is 1. The Bertz CT molecular complexity index is 431. The first-order chi connectivity index (χ1) is 9.20. The van der Waals surface area contributed by atoms with E-state index < -0.39 is 18.5 Å². The molecule has 2 aliphatic heterocycles. The van der Waals surface area contributed by atoms with Gasteiger partial charge in [0.1, 0.15) is 18.5 Å². The largest absolute Gasteiger partial charge is 0.387 e. The average Bonchev–Trinajstić information content (AvgIpc) is 2.90. The summed E-state index contributed by atoms with van der Waals surface area (Å²) in [4.78, 5) is 2.00. The highest BCUT2D eigenvalue weighted by Gasteiger charge is 2.53. The van der Waals surface area contributed by atoms with Crippen molar-refractivity contribution < 1.29 is 14.2 Å². The van der Waals surface area contributed by atoms with Gasteiger partial charge in [0.15, 0.2) is 0 Å². The summed E-state index contributed by atoms with van der Waals surface area (Å²) in [5.74, 6) is 0. The van der Waals surface area contributed by atoms with Crippen molar-refractivity contribution in [1.82, 2.24) is 10.2 Å². The molecule has 2 fully saturated rings. The Kier molecular flexibility index (Phi) is 3.54. The first-order valence-corrected chi connectivity index (χ1v) is 6.59. The number of aliphatic hydroxyl groups is 1. The molecule has 1 aromatic carbocycles. The molecule has 5 heteroatoms. The summed E-state index contributed by atoms with van der Waals surface area (Å²) in [6.45, 7) is 1.00. The maximum atomic E-state index is 14.0. The lowest BCUT2D eigenvalue weighted by molar-refractivity contribution is -0.0300. The molecule has 5 unspecified atom stereocenters. The van der Waals surface area contributed by atoms with E-state index in [0.29, 0.717) is 13.1 Å². The van der Waals surface area contributed by atoms with Crippen LogP contribution in [0.3, 0.4) is 0 Å². The van der Waals surface area contributed by atoms with Crippen LogP contribution in [-0.4, -0.2) is 54.2 Å². The van der Waals surface area contributed by atoms with Crippen molar-refractivity contribution in [3.63, 3.8) is 0 Å². The van der Waals surface area contributed by atoms with Crippen molar-refractivity contribution in [2.75, 3.05) is 13.7 Å². The second-order valence-electron chi connectivity index (χ2n) is 5.26. The Morgan fingerprint density at radius 2 is 2.16 bits per heavy atom. The van der Waals surface area contributed by atoms with Crippen LogP contribution in [0.5, 0.6) is 0 Å². The summed E-state index contributed by atoms with van der Waals surface area (Å²) < 4.78 is 19.2. The second kappa shape index (κ2) is 5.17. The number of likely N-dealkylation sites (tertiary alicyclic amines) is 1. The van der Waals surface area contributed by atoms with Crippen molar-refractivity contribution in [2.45, 2.75) is 37.1 Å². The van der Waals surface area contributed by atoms with E-state index in [1.54, 1.807) is 0 Å². The number of ether oxygens (including phenoxy) is 1. The molecule has 19 heavy (non-hydrogen) atoms. The molecule has 0 spiro atoms. The quantitative estimate of drug-likeness (QED) is 0.837. The number of fused-ring (bicyclic) bond motifs is 1. The summed E-state index contributed by atoms with van der Waals surface area (Å²) >= 11 is 0. The Hall–Kier alpha value is -1.01. The van der Waals surface area contributed by atoms with Crippen LogP contribution in [0.4, 0.5) is 4.39 Å². The van der Waals surface area contributed by atoms with E-state index in [9.17, 15) is 9.50 Å². The fourth-order valence-electron chi connectivity index (χ4n) is 3.19. The van der Waals surface area contributed by atoms with E-state index in [2.05, 4.69) is 5.32 Å². The van der Waals surface area contributed by atoms with Crippen LogP contribution in [0.1, 0.15) is 5.56 Å². The van der Waals surface area contributed by atoms with Gasteiger partial charge in [-0.3, -0.25) is 10.2 Å². The number of halogens is 1. The number of hydrogen-bond acceptors (Lipinski definition) is 4. The van der Waals surface area contributed by atoms with Gasteiger partial charge in [0.2, 0.25) is 0 Å². The highest BCUT2D eigenvalue weighted by molar-refractivity contribution is 5.17. The molecule has 2 aliphatic rings. The number of nitrogens with one attached hydrogen (secondary N) is 1. The van der Waals surface area contributed by atoms with Gasteiger partial charge in [-0.05, 0) is 5.56 Å². The third-order valence-corrected chi connectivity index (χ3v) is 4.09. The van der Waals surface area contributed by atoms with Gasteiger partial charge in [-0.1, -0.05) is 30.3 Å². The van der Waals surface area contributed by atoms with Crippen LogP contribution in [0.2, 0.25) is 0 Å². The Labute approximate surface area is 112 Å². The van der Waals surface area contributed by atoms with Crippen LogP contribution in [-0.2, 0) is 11.3 Å². The highest BCUT2D eigenvalue weighted by Crippen LogP contribution is 2.31. The van der Waals surface area contributed by atoms with Crippen LogP contribution in [0.25, 0.3) is 0 Å². The molecule has 3 rings (SSSR count). The SMILES string of the molecule is COC1NC2C(F)CN(Cc3ccccc3)C2C1O. The zero-order valence-electron chi connectivity index (χ0n) is 10.9. The molecule has 0 amide bonds. The van der Waals surface area contributed by atoms with Gasteiger partial charge in [-0.25, -0.2) is 4.39 Å². The van der Waals surface area contributed by atoms with Crippen LogP contribution >= 0.6 is 0 Å². The van der Waals surface area contributed by atoms with E-state index in [1.807, 2.05) is 35.2 Å². The van der Waals surface area contributed by atoms with E-state index in [0.717, 1.165) is 5.56 Å². The molecule has 0 radical (unpaired) electrons. The molecule has 2 heterocycles. The highest BCUT2D eigenvalue weighted by atomic mass is 19.1. The predicted octanol–water partition coefficient (Wildman–Crippen LogP) is 0.514. The molecule has 0 aromatic heterocycles. The molecular formula is C14H19FN2O2. The lowest BCUT2D eigenvalue weighted by Crippen LogP contribution is -2.42. The fourth-order valence-corrected chi connectivity index (χ4v) is 3.19. The van der Waals surface area contributed by atoms with Crippen molar-refractivity contribution >= 4 is 0 Å². The third-order valence-electron chi connectivity index (χ3n) is 4.09. The molecule has 104 valence electrons. The normalized spacial score (nSPS) is 38.6. The maximum Gasteiger partial charge on any atom is 0.135 e. The van der Waals surface area contributed by atoms with Crippen molar-refractivity contribution in [3.05, 3.63) is 35.9 Å². The molecule has 4 nitrogen and oxygen atoms in total. The number of alkyl halides is 1. The van der Waals surface area contributed by atoms with Gasteiger partial charge in [0.05, 0.1) is 12.1 Å². The summed E-state index contributed by atoms with van der Waals surface area (Å²) in [7, 11) is 1.52. The summed E-state index contributed by atoms with van der Waals surface area (Å²) in [5, 5.41) is 13.3. The van der Waals surface area contributed by atoms with Gasteiger partial charge >= 0.3 is 0 Å². The summed E-state index contributed by atoms with van der Waals surface area (Å²) in [6.07, 6.45) is -2.14. The predicted molar refractivity (Wildman–Crippen MR) is 69.3 cm³/mol. The van der Waals surface area contributed by atoms with Crippen LogP contribution < -0.4 is 5.32 Å². The molecule has 5 atom stereocenters. The third kappa shape index (κ3) is 2.27. The van der Waals surface area contributed by atoms with Gasteiger partial charge in [-0.2, -0.15) is 0 Å². The first kappa shape index (κ1) is 13.0. The van der Waals surface area contributed by atoms with E-state index in [-0.39, 0.29) is 12.1 Å². The lowest BCUT2D eigenvalue weighted by atomic mass is 10.1. The minimum atomic E-state index is -0.969. The topological polar surface area (TPSA) is 44.7 Å². The average molecular weight is 266 g/mol. The van der Waals surface area contributed by atoms with Gasteiger partial charge < -0.3 is 9.84 Å². The van der Waals surface area contributed by atoms with Crippen molar-refractivity contribution in [1.29, 1.82) is 0 Å². The smallest absolute Gasteiger partial charge is 0.135 e. The zero-order valence-corrected chi connectivity index (χ0v) is 10.9. The second-order valence-corrected chi connectivity index (χ2v) is 5.26. The lowest BCUT2D eigenvalue weighted by Gasteiger charge is -2.26. The molecular weight excluding hydrogens is 247 g/mol. The Balaban J connectivity index is 1.76. The molecule has 2 saturated heterocycles. The fraction of sp³-hybridized carbons (Fsp3) is 0.571. The Morgan fingerprint density at radius 1 is 1.42 bits per heavy atom. The summed E-state index contributed by atoms with van der Waals surface area (Å²) in [6, 6.07) is 9.37. The monoisotopic (exact) mass is 266 g/mol. The van der Waals surface area contributed by atoms with Crippen molar-refractivity contribution in [3.8, 4) is 0 Å². The minimum absolute atomic E-state index is 0.222.